The molecule has 0 aliphatic heterocycles. The molecule has 1 amide bonds. The summed E-state index contributed by atoms with van der Waals surface area (Å²) in [6, 6.07) is 13.6. The highest BCUT2D eigenvalue weighted by Gasteiger charge is 2.16. The summed E-state index contributed by atoms with van der Waals surface area (Å²) in [4.78, 5) is 29.1. The number of carbonyl (C=O) groups is 2. The van der Waals surface area contributed by atoms with Crippen molar-refractivity contribution in [3.8, 4) is 0 Å². The number of aryl methyl sites for hydroxylation is 1. The van der Waals surface area contributed by atoms with Gasteiger partial charge in [-0.1, -0.05) is 30.3 Å². The lowest BCUT2D eigenvalue weighted by atomic mass is 10.1. The van der Waals surface area contributed by atoms with E-state index in [1.807, 2.05) is 49.5 Å². The summed E-state index contributed by atoms with van der Waals surface area (Å²) in [5, 5.41) is 12.1. The Balaban J connectivity index is 1.86. The van der Waals surface area contributed by atoms with E-state index in [1.54, 1.807) is 6.20 Å². The number of amides is 1. The molecule has 0 aliphatic rings. The molecule has 2 aromatic rings. The van der Waals surface area contributed by atoms with E-state index in [2.05, 4.69) is 10.3 Å². The van der Waals surface area contributed by atoms with Crippen LogP contribution in [0, 0.1) is 0 Å². The molecule has 2 N–H and O–H groups in total. The highest BCUT2D eigenvalue weighted by molar-refractivity contribution is 5.81. The minimum absolute atomic E-state index is 0.119. The van der Waals surface area contributed by atoms with Crippen LogP contribution < -0.4 is 5.32 Å². The molecule has 0 bridgehead atoms. The third-order valence-corrected chi connectivity index (χ3v) is 4.13. The number of hydrogen-bond donors (Lipinski definition) is 2. The van der Waals surface area contributed by atoms with Gasteiger partial charge in [0.2, 0.25) is 5.91 Å². The van der Waals surface area contributed by atoms with Gasteiger partial charge in [0.15, 0.2) is 0 Å². The largest absolute Gasteiger partial charge is 0.480 e. The van der Waals surface area contributed by atoms with Gasteiger partial charge in [-0.2, -0.15) is 0 Å². The quantitative estimate of drug-likeness (QED) is 0.684. The van der Waals surface area contributed by atoms with Crippen molar-refractivity contribution in [1.29, 1.82) is 0 Å². The lowest BCUT2D eigenvalue weighted by Gasteiger charge is -2.21. The average Bonchev–Trinajstić information content (AvgIpc) is 2.65. The lowest BCUT2D eigenvalue weighted by molar-refractivity contribution is -0.144. The fourth-order valence-corrected chi connectivity index (χ4v) is 2.73. The number of benzene rings is 1. The van der Waals surface area contributed by atoms with Crippen LogP contribution in [-0.2, 0) is 22.4 Å². The highest BCUT2D eigenvalue weighted by Crippen LogP contribution is 2.11. The minimum Gasteiger partial charge on any atom is -0.480 e. The molecule has 1 heterocycles. The van der Waals surface area contributed by atoms with Gasteiger partial charge in [0.1, 0.15) is 12.4 Å². The van der Waals surface area contributed by atoms with E-state index in [-0.39, 0.29) is 12.5 Å². The van der Waals surface area contributed by atoms with Gasteiger partial charge in [-0.15, -0.1) is 0 Å². The van der Waals surface area contributed by atoms with E-state index in [9.17, 15) is 9.59 Å². The SMILES string of the molecule is CNc1cc(CCCC(=O)N(CCc2ccccc2)CC(=O)O)ccn1. The fraction of sp³-hybridized carbons (Fsp3) is 0.350. The summed E-state index contributed by atoms with van der Waals surface area (Å²) < 4.78 is 0. The maximum atomic E-state index is 12.5. The van der Waals surface area contributed by atoms with Gasteiger partial charge < -0.3 is 15.3 Å². The number of nitrogens with zero attached hydrogens (tertiary/aromatic N) is 2. The Labute approximate surface area is 153 Å². The summed E-state index contributed by atoms with van der Waals surface area (Å²) in [5.41, 5.74) is 2.19. The molecule has 138 valence electrons. The minimum atomic E-state index is -0.987. The topological polar surface area (TPSA) is 82.5 Å². The molecule has 1 aromatic carbocycles. The van der Waals surface area contributed by atoms with Crippen LogP contribution in [-0.4, -0.2) is 47.0 Å². The molecule has 26 heavy (non-hydrogen) atoms. The van der Waals surface area contributed by atoms with Crippen molar-refractivity contribution in [3.05, 3.63) is 59.8 Å². The van der Waals surface area contributed by atoms with E-state index in [1.165, 1.54) is 4.90 Å². The van der Waals surface area contributed by atoms with Crippen LogP contribution in [0.25, 0.3) is 0 Å². The van der Waals surface area contributed by atoms with E-state index >= 15 is 0 Å². The van der Waals surface area contributed by atoms with Crippen molar-refractivity contribution >= 4 is 17.7 Å². The number of carbonyl (C=O) groups excluding carboxylic acids is 1. The lowest BCUT2D eigenvalue weighted by Crippen LogP contribution is -2.37. The van der Waals surface area contributed by atoms with Gasteiger partial charge in [0.25, 0.3) is 0 Å². The Kier molecular flexibility index (Phi) is 7.61. The zero-order valence-electron chi connectivity index (χ0n) is 15.0. The van der Waals surface area contributed by atoms with Crippen molar-refractivity contribution in [2.75, 3.05) is 25.5 Å². The zero-order valence-corrected chi connectivity index (χ0v) is 15.0. The van der Waals surface area contributed by atoms with Crippen LogP contribution in [0.1, 0.15) is 24.0 Å². The van der Waals surface area contributed by atoms with Gasteiger partial charge in [0, 0.05) is 26.2 Å². The summed E-state index contributed by atoms with van der Waals surface area (Å²) in [5.74, 6) is -0.311. The van der Waals surface area contributed by atoms with Crippen LogP contribution in [0.2, 0.25) is 0 Å². The number of hydrogen-bond acceptors (Lipinski definition) is 4. The monoisotopic (exact) mass is 355 g/mol. The normalized spacial score (nSPS) is 10.3. The van der Waals surface area contributed by atoms with Gasteiger partial charge in [-0.25, -0.2) is 4.98 Å². The van der Waals surface area contributed by atoms with Crippen molar-refractivity contribution in [3.63, 3.8) is 0 Å². The predicted octanol–water partition coefficient (Wildman–Crippen LogP) is 2.60. The second-order valence-corrected chi connectivity index (χ2v) is 6.10. The number of aliphatic carboxylic acids is 1. The number of rotatable bonds is 10. The number of anilines is 1. The van der Waals surface area contributed by atoms with Gasteiger partial charge in [-0.05, 0) is 42.5 Å². The maximum absolute atomic E-state index is 12.5. The number of nitrogens with one attached hydrogen (secondary N) is 1. The van der Waals surface area contributed by atoms with Crippen molar-refractivity contribution in [1.82, 2.24) is 9.88 Å². The summed E-state index contributed by atoms with van der Waals surface area (Å²) in [6.45, 7) is 0.152. The van der Waals surface area contributed by atoms with Gasteiger partial charge in [-0.3, -0.25) is 9.59 Å². The van der Waals surface area contributed by atoms with Crippen LogP contribution in [0.3, 0.4) is 0 Å². The third-order valence-electron chi connectivity index (χ3n) is 4.13. The smallest absolute Gasteiger partial charge is 0.323 e. The number of aromatic nitrogens is 1. The molecule has 0 aliphatic carbocycles. The van der Waals surface area contributed by atoms with Crippen molar-refractivity contribution in [2.45, 2.75) is 25.7 Å². The molecule has 0 spiro atoms. The molecule has 0 saturated carbocycles. The Morgan fingerprint density at radius 2 is 1.88 bits per heavy atom. The highest BCUT2D eigenvalue weighted by atomic mass is 16.4. The molecule has 6 heteroatoms. The summed E-state index contributed by atoms with van der Waals surface area (Å²) in [7, 11) is 1.81. The molecule has 0 unspecified atom stereocenters. The van der Waals surface area contributed by atoms with Crippen LogP contribution in [0.5, 0.6) is 0 Å². The molecule has 0 radical (unpaired) electrons. The number of carboxylic acid groups (broad SMARTS) is 1. The number of pyridine rings is 1. The van der Waals surface area contributed by atoms with Crippen LogP contribution in [0.4, 0.5) is 5.82 Å². The zero-order chi connectivity index (χ0) is 18.8. The maximum Gasteiger partial charge on any atom is 0.323 e. The summed E-state index contributed by atoms with van der Waals surface area (Å²) >= 11 is 0. The van der Waals surface area contributed by atoms with E-state index in [0.717, 1.165) is 23.4 Å². The third kappa shape index (κ3) is 6.55. The molecule has 2 rings (SSSR count). The Morgan fingerprint density at radius 1 is 1.12 bits per heavy atom. The predicted molar refractivity (Wildman–Crippen MR) is 101 cm³/mol. The van der Waals surface area contributed by atoms with E-state index < -0.39 is 5.97 Å². The first-order valence-electron chi connectivity index (χ1n) is 8.74. The van der Waals surface area contributed by atoms with E-state index in [0.29, 0.717) is 25.8 Å². The second kappa shape index (κ2) is 10.2. The summed E-state index contributed by atoms with van der Waals surface area (Å²) in [6.07, 6.45) is 4.14. The second-order valence-electron chi connectivity index (χ2n) is 6.10. The molecule has 0 atom stereocenters. The van der Waals surface area contributed by atoms with Gasteiger partial charge in [0.05, 0.1) is 0 Å². The fourth-order valence-electron chi connectivity index (χ4n) is 2.73. The average molecular weight is 355 g/mol. The molecular formula is C20H25N3O3. The number of carboxylic acids is 1. The Hall–Kier alpha value is -2.89. The molecule has 6 nitrogen and oxygen atoms in total. The first-order chi connectivity index (χ1) is 12.6. The van der Waals surface area contributed by atoms with Crippen LogP contribution in [0.15, 0.2) is 48.7 Å². The first kappa shape index (κ1) is 19.4. The Bertz CT molecular complexity index is 719. The van der Waals surface area contributed by atoms with Gasteiger partial charge >= 0.3 is 5.97 Å². The van der Waals surface area contributed by atoms with Crippen molar-refractivity contribution < 1.29 is 14.7 Å². The Morgan fingerprint density at radius 3 is 2.58 bits per heavy atom. The molecule has 1 aromatic heterocycles. The molecular weight excluding hydrogens is 330 g/mol. The molecule has 0 fully saturated rings. The molecule has 0 saturated heterocycles. The van der Waals surface area contributed by atoms with Crippen LogP contribution >= 0.6 is 0 Å². The first-order valence-corrected chi connectivity index (χ1v) is 8.74. The van der Waals surface area contributed by atoms with Crippen molar-refractivity contribution in [2.24, 2.45) is 0 Å². The van der Waals surface area contributed by atoms with E-state index in [4.69, 9.17) is 5.11 Å². The standard InChI is InChI=1S/C20H25N3O3/c1-21-18-14-17(10-12-22-18)8-5-9-19(24)23(15-20(25)26)13-11-16-6-3-2-4-7-16/h2-4,6-7,10,12,14H,5,8-9,11,13,15H2,1H3,(H,21,22)(H,25,26).